The number of aryl methyl sites for hydroxylation is 1. The van der Waals surface area contributed by atoms with Crippen molar-refractivity contribution in [3.05, 3.63) is 45.3 Å². The van der Waals surface area contributed by atoms with E-state index in [2.05, 4.69) is 10.2 Å². The summed E-state index contributed by atoms with van der Waals surface area (Å²) in [6, 6.07) is 5.68. The summed E-state index contributed by atoms with van der Waals surface area (Å²) in [4.78, 5) is 27.1. The molecule has 0 spiro atoms. The Kier molecular flexibility index (Phi) is 5.29. The average molecular weight is 374 g/mol. The number of nitrogens with zero attached hydrogens (tertiary/aromatic N) is 1. The van der Waals surface area contributed by atoms with Gasteiger partial charge in [-0.2, -0.15) is 0 Å². The standard InChI is InChI=1S/C19H22N2O4S/c1-11-5-4-6-14(12(11)2)25-10-16(22)20-18-17(19(23)24)13-7-8-21(3)9-15(13)26-18/h4-6H,7-10H2,1-3H3,(H,20,22)(H,23,24). The Morgan fingerprint density at radius 2 is 2.12 bits per heavy atom. The first-order valence-corrected chi connectivity index (χ1v) is 9.23. The van der Waals surface area contributed by atoms with Crippen molar-refractivity contribution < 1.29 is 19.4 Å². The maximum atomic E-state index is 12.3. The number of ether oxygens (including phenoxy) is 1. The molecule has 6 nitrogen and oxygen atoms in total. The number of fused-ring (bicyclic) bond motifs is 1. The van der Waals surface area contributed by atoms with Crippen LogP contribution in [0.25, 0.3) is 0 Å². The fraction of sp³-hybridized carbons (Fsp3) is 0.368. The van der Waals surface area contributed by atoms with Gasteiger partial charge in [-0.15, -0.1) is 11.3 Å². The molecule has 1 aliphatic rings. The minimum Gasteiger partial charge on any atom is -0.483 e. The van der Waals surface area contributed by atoms with Crippen molar-refractivity contribution in [1.82, 2.24) is 4.90 Å². The van der Waals surface area contributed by atoms with Crippen LogP contribution in [-0.2, 0) is 17.8 Å². The molecule has 0 saturated heterocycles. The molecule has 2 aromatic rings. The second kappa shape index (κ2) is 7.47. The predicted molar refractivity (Wildman–Crippen MR) is 101 cm³/mol. The summed E-state index contributed by atoms with van der Waals surface area (Å²) in [5, 5.41) is 12.7. The molecule has 26 heavy (non-hydrogen) atoms. The monoisotopic (exact) mass is 374 g/mol. The molecule has 0 unspecified atom stereocenters. The van der Waals surface area contributed by atoms with Crippen molar-refractivity contribution in [3.63, 3.8) is 0 Å². The van der Waals surface area contributed by atoms with E-state index in [-0.39, 0.29) is 18.1 Å². The van der Waals surface area contributed by atoms with Gasteiger partial charge in [0, 0.05) is 18.0 Å². The Balaban J connectivity index is 1.73. The van der Waals surface area contributed by atoms with Gasteiger partial charge in [-0.25, -0.2) is 4.79 Å². The van der Waals surface area contributed by atoms with Gasteiger partial charge in [0.2, 0.25) is 0 Å². The Morgan fingerprint density at radius 1 is 1.35 bits per heavy atom. The van der Waals surface area contributed by atoms with Gasteiger partial charge in [0.05, 0.1) is 5.56 Å². The van der Waals surface area contributed by atoms with E-state index in [4.69, 9.17) is 4.74 Å². The highest BCUT2D eigenvalue weighted by molar-refractivity contribution is 7.17. The molecule has 138 valence electrons. The van der Waals surface area contributed by atoms with Crippen LogP contribution in [0.3, 0.4) is 0 Å². The maximum absolute atomic E-state index is 12.3. The zero-order chi connectivity index (χ0) is 18.8. The largest absolute Gasteiger partial charge is 0.483 e. The molecular formula is C19H22N2O4S. The van der Waals surface area contributed by atoms with Crippen molar-refractivity contribution in [1.29, 1.82) is 0 Å². The summed E-state index contributed by atoms with van der Waals surface area (Å²) in [6.45, 7) is 5.28. The number of carboxylic acids is 1. The lowest BCUT2D eigenvalue weighted by Crippen LogP contribution is -2.26. The van der Waals surface area contributed by atoms with Gasteiger partial charge in [0.25, 0.3) is 5.91 Å². The van der Waals surface area contributed by atoms with E-state index in [0.29, 0.717) is 23.7 Å². The van der Waals surface area contributed by atoms with Crippen molar-refractivity contribution >= 4 is 28.2 Å². The van der Waals surface area contributed by atoms with Crippen LogP contribution in [0.1, 0.15) is 31.9 Å². The number of hydrogen-bond donors (Lipinski definition) is 2. The van der Waals surface area contributed by atoms with Crippen LogP contribution in [0.4, 0.5) is 5.00 Å². The lowest BCUT2D eigenvalue weighted by molar-refractivity contribution is -0.118. The van der Waals surface area contributed by atoms with Crippen LogP contribution in [0.15, 0.2) is 18.2 Å². The van der Waals surface area contributed by atoms with Gasteiger partial charge in [0.15, 0.2) is 6.61 Å². The number of carbonyl (C=O) groups is 2. The van der Waals surface area contributed by atoms with Gasteiger partial charge < -0.3 is 20.1 Å². The number of aromatic carboxylic acids is 1. The first kappa shape index (κ1) is 18.4. The third-order valence-corrected chi connectivity index (χ3v) is 5.76. The third-order valence-electron chi connectivity index (χ3n) is 4.63. The zero-order valence-corrected chi connectivity index (χ0v) is 15.9. The highest BCUT2D eigenvalue weighted by Gasteiger charge is 2.27. The molecule has 0 bridgehead atoms. The summed E-state index contributed by atoms with van der Waals surface area (Å²) in [5.41, 5.74) is 3.14. The number of likely N-dealkylation sites (N-methyl/N-ethyl adjacent to an activating group) is 1. The molecule has 1 aromatic heterocycles. The van der Waals surface area contributed by atoms with Gasteiger partial charge in [0.1, 0.15) is 10.8 Å². The highest BCUT2D eigenvalue weighted by atomic mass is 32.1. The van der Waals surface area contributed by atoms with Crippen LogP contribution >= 0.6 is 11.3 Å². The molecule has 2 N–H and O–H groups in total. The number of carbonyl (C=O) groups excluding carboxylic acids is 1. The third kappa shape index (κ3) is 3.73. The minimum atomic E-state index is -1.00. The molecule has 0 saturated carbocycles. The van der Waals surface area contributed by atoms with Gasteiger partial charge >= 0.3 is 5.97 Å². The molecular weight excluding hydrogens is 352 g/mol. The number of nitrogens with one attached hydrogen (secondary N) is 1. The summed E-state index contributed by atoms with van der Waals surface area (Å²) in [5.74, 6) is -0.705. The molecule has 7 heteroatoms. The van der Waals surface area contributed by atoms with Crippen LogP contribution < -0.4 is 10.1 Å². The molecule has 3 rings (SSSR count). The van der Waals surface area contributed by atoms with E-state index >= 15 is 0 Å². The number of rotatable bonds is 5. The summed E-state index contributed by atoms with van der Waals surface area (Å²) in [7, 11) is 2.00. The molecule has 2 heterocycles. The van der Waals surface area contributed by atoms with Crippen molar-refractivity contribution in [2.24, 2.45) is 0 Å². The smallest absolute Gasteiger partial charge is 0.339 e. The van der Waals surface area contributed by atoms with E-state index in [1.54, 1.807) is 0 Å². The van der Waals surface area contributed by atoms with Crippen LogP contribution in [-0.4, -0.2) is 42.1 Å². The molecule has 0 aliphatic carbocycles. The quantitative estimate of drug-likeness (QED) is 0.841. The minimum absolute atomic E-state index is 0.161. The number of carboxylic acid groups (broad SMARTS) is 1. The molecule has 1 amide bonds. The lowest BCUT2D eigenvalue weighted by atomic mass is 10.0. The average Bonchev–Trinajstić information content (AvgIpc) is 2.93. The second-order valence-electron chi connectivity index (χ2n) is 6.54. The molecule has 0 radical (unpaired) electrons. The van der Waals surface area contributed by atoms with Crippen molar-refractivity contribution in [2.75, 3.05) is 25.5 Å². The van der Waals surface area contributed by atoms with Crippen molar-refractivity contribution in [3.8, 4) is 5.75 Å². The predicted octanol–water partition coefficient (Wildman–Crippen LogP) is 3.07. The summed E-state index contributed by atoms with van der Waals surface area (Å²) in [6.07, 6.45) is 0.679. The summed E-state index contributed by atoms with van der Waals surface area (Å²) < 4.78 is 5.61. The van der Waals surface area contributed by atoms with Crippen LogP contribution in [0.5, 0.6) is 5.75 Å². The second-order valence-corrected chi connectivity index (χ2v) is 7.64. The van der Waals surface area contributed by atoms with E-state index in [0.717, 1.165) is 28.1 Å². The maximum Gasteiger partial charge on any atom is 0.339 e. The zero-order valence-electron chi connectivity index (χ0n) is 15.1. The molecule has 0 atom stereocenters. The topological polar surface area (TPSA) is 78.9 Å². The normalized spacial score (nSPS) is 14.0. The number of amides is 1. The first-order chi connectivity index (χ1) is 12.4. The lowest BCUT2D eigenvalue weighted by Gasteiger charge is -2.22. The molecule has 1 aliphatic heterocycles. The van der Waals surface area contributed by atoms with Gasteiger partial charge in [-0.1, -0.05) is 12.1 Å². The fourth-order valence-corrected chi connectivity index (χ4v) is 4.37. The number of hydrogen-bond acceptors (Lipinski definition) is 5. The SMILES string of the molecule is Cc1cccc(OCC(=O)Nc2sc3c(c2C(=O)O)CCN(C)C3)c1C. The Hall–Kier alpha value is -2.38. The molecule has 0 fully saturated rings. The number of anilines is 1. The number of thiophene rings is 1. The van der Waals surface area contributed by atoms with E-state index in [1.165, 1.54) is 11.3 Å². The first-order valence-electron chi connectivity index (χ1n) is 8.42. The molecule has 1 aromatic carbocycles. The van der Waals surface area contributed by atoms with E-state index in [9.17, 15) is 14.7 Å². The fourth-order valence-electron chi connectivity index (χ4n) is 3.03. The Labute approximate surface area is 156 Å². The van der Waals surface area contributed by atoms with Gasteiger partial charge in [-0.3, -0.25) is 4.79 Å². The highest BCUT2D eigenvalue weighted by Crippen LogP contribution is 2.36. The van der Waals surface area contributed by atoms with Crippen LogP contribution in [0, 0.1) is 13.8 Å². The number of benzene rings is 1. The van der Waals surface area contributed by atoms with E-state index < -0.39 is 5.97 Å². The Morgan fingerprint density at radius 3 is 2.85 bits per heavy atom. The van der Waals surface area contributed by atoms with Crippen molar-refractivity contribution in [2.45, 2.75) is 26.8 Å². The van der Waals surface area contributed by atoms with Gasteiger partial charge in [-0.05, 0) is 50.1 Å². The Bertz CT molecular complexity index is 859. The van der Waals surface area contributed by atoms with E-state index in [1.807, 2.05) is 39.1 Å². The summed E-state index contributed by atoms with van der Waals surface area (Å²) >= 11 is 1.34. The van der Waals surface area contributed by atoms with Crippen LogP contribution in [0.2, 0.25) is 0 Å².